The largest absolute Gasteiger partial charge is 0.482 e. The Morgan fingerprint density at radius 1 is 1.04 bits per heavy atom. The second-order valence-electron chi connectivity index (χ2n) is 5.29. The van der Waals surface area contributed by atoms with Gasteiger partial charge in [-0.2, -0.15) is 0 Å². The van der Waals surface area contributed by atoms with Gasteiger partial charge in [0.15, 0.2) is 18.1 Å². The minimum atomic E-state index is -3.94. The number of carbonyl (C=O) groups is 1. The normalized spacial score (nSPS) is 15.2. The third-order valence-electron chi connectivity index (χ3n) is 3.60. The number of benzene rings is 2. The first kappa shape index (κ1) is 15.9. The van der Waals surface area contributed by atoms with Crippen LogP contribution in [0.5, 0.6) is 17.2 Å². The molecule has 2 N–H and O–H groups in total. The number of carbonyl (C=O) groups excluding carboxylic acids is 1. The molecule has 8 nitrogen and oxygen atoms in total. The summed E-state index contributed by atoms with van der Waals surface area (Å²) in [6.45, 7) is -0.0590. The highest BCUT2D eigenvalue weighted by Gasteiger charge is 2.23. The van der Waals surface area contributed by atoms with Crippen molar-refractivity contribution in [3.05, 3.63) is 35.4 Å². The van der Waals surface area contributed by atoms with Gasteiger partial charge in [0.1, 0.15) is 5.75 Å². The Morgan fingerprint density at radius 2 is 1.80 bits per heavy atom. The molecular weight excluding hydrogens is 372 g/mol. The van der Waals surface area contributed by atoms with Crippen LogP contribution in [0.2, 0.25) is 5.02 Å². The molecule has 2 aliphatic heterocycles. The average Bonchev–Trinajstić information content (AvgIpc) is 3.01. The summed E-state index contributed by atoms with van der Waals surface area (Å²) in [5, 5.41) is 2.73. The van der Waals surface area contributed by atoms with Gasteiger partial charge in [0.2, 0.25) is 6.79 Å². The summed E-state index contributed by atoms with van der Waals surface area (Å²) >= 11 is 6.10. The molecule has 0 aliphatic carbocycles. The summed E-state index contributed by atoms with van der Waals surface area (Å²) in [6, 6.07) is 7.09. The van der Waals surface area contributed by atoms with Crippen LogP contribution in [0.4, 0.5) is 11.4 Å². The van der Waals surface area contributed by atoms with Crippen molar-refractivity contribution < 1.29 is 27.4 Å². The Bertz CT molecular complexity index is 992. The summed E-state index contributed by atoms with van der Waals surface area (Å²) < 4.78 is 43.3. The van der Waals surface area contributed by atoms with E-state index >= 15 is 0 Å². The molecule has 4 rings (SSSR count). The van der Waals surface area contributed by atoms with E-state index in [-0.39, 0.29) is 40.6 Å². The molecule has 0 spiro atoms. The number of nitrogens with one attached hydrogen (secondary N) is 2. The molecule has 130 valence electrons. The first-order valence-electron chi connectivity index (χ1n) is 7.11. The molecule has 0 bridgehead atoms. The molecule has 2 aromatic carbocycles. The summed E-state index contributed by atoms with van der Waals surface area (Å²) in [7, 11) is -3.94. The van der Waals surface area contributed by atoms with Gasteiger partial charge < -0.3 is 19.5 Å². The number of hydrogen-bond acceptors (Lipinski definition) is 6. The fourth-order valence-corrected chi connectivity index (χ4v) is 3.78. The van der Waals surface area contributed by atoms with E-state index in [1.807, 2.05) is 0 Å². The molecule has 2 aliphatic rings. The molecule has 0 saturated carbocycles. The Labute approximate surface area is 147 Å². The van der Waals surface area contributed by atoms with Crippen LogP contribution < -0.4 is 24.2 Å². The number of fused-ring (bicyclic) bond motifs is 2. The van der Waals surface area contributed by atoms with Crippen LogP contribution in [0.15, 0.2) is 35.2 Å². The lowest BCUT2D eigenvalue weighted by Gasteiger charge is -2.18. The number of halogens is 1. The van der Waals surface area contributed by atoms with Crippen LogP contribution in [0.3, 0.4) is 0 Å². The second kappa shape index (κ2) is 5.71. The molecule has 10 heteroatoms. The molecule has 2 heterocycles. The number of amides is 1. The molecule has 0 radical (unpaired) electrons. The maximum atomic E-state index is 12.6. The van der Waals surface area contributed by atoms with Crippen molar-refractivity contribution in [2.75, 3.05) is 23.4 Å². The van der Waals surface area contributed by atoms with E-state index in [1.54, 1.807) is 0 Å². The lowest BCUT2D eigenvalue weighted by Crippen LogP contribution is -2.25. The summed E-state index contributed by atoms with van der Waals surface area (Å²) in [4.78, 5) is 11.3. The van der Waals surface area contributed by atoms with Gasteiger partial charge >= 0.3 is 0 Å². The van der Waals surface area contributed by atoms with E-state index in [0.717, 1.165) is 0 Å². The summed E-state index contributed by atoms with van der Waals surface area (Å²) in [5.41, 5.74) is 0.444. The van der Waals surface area contributed by atoms with E-state index in [4.69, 9.17) is 25.8 Å². The highest BCUT2D eigenvalue weighted by atomic mass is 35.5. The zero-order chi connectivity index (χ0) is 17.6. The van der Waals surface area contributed by atoms with Crippen LogP contribution in [-0.4, -0.2) is 27.7 Å². The molecule has 1 amide bonds. The maximum absolute atomic E-state index is 12.6. The smallest absolute Gasteiger partial charge is 0.262 e. The van der Waals surface area contributed by atoms with Gasteiger partial charge in [0.25, 0.3) is 15.9 Å². The lowest BCUT2D eigenvalue weighted by molar-refractivity contribution is -0.118. The standard InChI is InChI=1S/C15H11ClN2O6S/c16-9-4-13-14(24-7-23-13)5-10(9)18-25(20,21)8-1-2-12-11(3-8)17-15(19)6-22-12/h1-5,18H,6-7H2,(H,17,19). The minimum absolute atomic E-state index is 0.0480. The van der Waals surface area contributed by atoms with Gasteiger partial charge in [-0.3, -0.25) is 9.52 Å². The molecule has 2 aromatic rings. The van der Waals surface area contributed by atoms with E-state index < -0.39 is 10.0 Å². The van der Waals surface area contributed by atoms with Crippen molar-refractivity contribution in [2.45, 2.75) is 4.90 Å². The number of rotatable bonds is 3. The van der Waals surface area contributed by atoms with Crippen molar-refractivity contribution in [3.63, 3.8) is 0 Å². The zero-order valence-electron chi connectivity index (χ0n) is 12.5. The van der Waals surface area contributed by atoms with Crippen LogP contribution in [0.1, 0.15) is 0 Å². The Hall–Kier alpha value is -2.65. The maximum Gasteiger partial charge on any atom is 0.262 e. The van der Waals surface area contributed by atoms with Crippen molar-refractivity contribution >= 4 is 38.9 Å². The van der Waals surface area contributed by atoms with E-state index in [9.17, 15) is 13.2 Å². The number of sulfonamides is 1. The van der Waals surface area contributed by atoms with Crippen LogP contribution in [0.25, 0.3) is 0 Å². The van der Waals surface area contributed by atoms with Gasteiger partial charge in [-0.05, 0) is 18.2 Å². The number of hydrogen-bond donors (Lipinski definition) is 2. The van der Waals surface area contributed by atoms with Gasteiger partial charge in [-0.1, -0.05) is 11.6 Å². The Morgan fingerprint density at radius 3 is 2.60 bits per heavy atom. The highest BCUT2D eigenvalue weighted by Crippen LogP contribution is 2.40. The lowest BCUT2D eigenvalue weighted by atomic mass is 10.2. The predicted molar refractivity (Wildman–Crippen MR) is 89.0 cm³/mol. The van der Waals surface area contributed by atoms with E-state index in [1.165, 1.54) is 30.3 Å². The third kappa shape index (κ3) is 2.92. The first-order chi connectivity index (χ1) is 11.9. The Kier molecular flexibility index (Phi) is 3.62. The van der Waals surface area contributed by atoms with Crippen LogP contribution >= 0.6 is 11.6 Å². The van der Waals surface area contributed by atoms with Crippen molar-refractivity contribution in [3.8, 4) is 17.2 Å². The molecule has 25 heavy (non-hydrogen) atoms. The molecule has 0 fully saturated rings. The van der Waals surface area contributed by atoms with E-state index in [0.29, 0.717) is 17.2 Å². The number of anilines is 2. The molecule has 0 aromatic heterocycles. The monoisotopic (exact) mass is 382 g/mol. The minimum Gasteiger partial charge on any atom is -0.482 e. The van der Waals surface area contributed by atoms with Crippen LogP contribution in [-0.2, 0) is 14.8 Å². The SMILES string of the molecule is O=C1COc2ccc(S(=O)(=O)Nc3cc4c(cc3Cl)OCO4)cc2N1. The highest BCUT2D eigenvalue weighted by molar-refractivity contribution is 7.92. The first-order valence-corrected chi connectivity index (χ1v) is 8.97. The molecule has 0 unspecified atom stereocenters. The van der Waals surface area contributed by atoms with Gasteiger partial charge in [0.05, 0.1) is 21.3 Å². The zero-order valence-corrected chi connectivity index (χ0v) is 14.1. The third-order valence-corrected chi connectivity index (χ3v) is 5.28. The topological polar surface area (TPSA) is 103 Å². The summed E-state index contributed by atoms with van der Waals surface area (Å²) in [6.07, 6.45) is 0. The van der Waals surface area contributed by atoms with Crippen molar-refractivity contribution in [1.82, 2.24) is 0 Å². The molecular formula is C15H11ClN2O6S. The molecule has 0 saturated heterocycles. The number of ether oxygens (including phenoxy) is 3. The Balaban J connectivity index is 1.67. The van der Waals surface area contributed by atoms with Crippen molar-refractivity contribution in [1.29, 1.82) is 0 Å². The second-order valence-corrected chi connectivity index (χ2v) is 7.38. The van der Waals surface area contributed by atoms with Crippen LogP contribution in [0, 0.1) is 0 Å². The fourth-order valence-electron chi connectivity index (χ4n) is 2.43. The summed E-state index contributed by atoms with van der Waals surface area (Å²) in [5.74, 6) is 0.892. The average molecular weight is 383 g/mol. The van der Waals surface area contributed by atoms with Gasteiger partial charge in [-0.25, -0.2) is 8.42 Å². The fraction of sp³-hybridized carbons (Fsp3) is 0.133. The van der Waals surface area contributed by atoms with E-state index in [2.05, 4.69) is 10.0 Å². The molecule has 0 atom stereocenters. The predicted octanol–water partition coefficient (Wildman–Crippen LogP) is 2.20. The van der Waals surface area contributed by atoms with Gasteiger partial charge in [0, 0.05) is 12.1 Å². The van der Waals surface area contributed by atoms with Crippen molar-refractivity contribution in [2.24, 2.45) is 0 Å². The van der Waals surface area contributed by atoms with Gasteiger partial charge in [-0.15, -0.1) is 0 Å². The quantitative estimate of drug-likeness (QED) is 0.843.